The number of amides is 1. The molecule has 32 heavy (non-hydrogen) atoms. The maximum atomic E-state index is 13.2. The first-order chi connectivity index (χ1) is 15.1. The Morgan fingerprint density at radius 2 is 1.94 bits per heavy atom. The Balaban J connectivity index is 2.44. The SMILES string of the molecule is C=CC1CC(C(=O)OC(C)(C)C)N([C@@H](Cc2ccccc2)[C@@H](CCC)C(C)NC(C)=O)C1. The average molecular weight is 443 g/mol. The van der Waals surface area contributed by atoms with Crippen molar-refractivity contribution in [3.05, 3.63) is 48.6 Å². The lowest BCUT2D eigenvalue weighted by Crippen LogP contribution is -2.54. The molecule has 1 N–H and O–H groups in total. The topological polar surface area (TPSA) is 58.6 Å². The number of likely N-dealkylation sites (tertiary alicyclic amines) is 1. The van der Waals surface area contributed by atoms with Crippen molar-refractivity contribution in [2.75, 3.05) is 6.54 Å². The molecule has 178 valence electrons. The van der Waals surface area contributed by atoms with E-state index < -0.39 is 5.60 Å². The van der Waals surface area contributed by atoms with Crippen molar-refractivity contribution < 1.29 is 14.3 Å². The molecule has 5 heteroatoms. The van der Waals surface area contributed by atoms with Gasteiger partial charge >= 0.3 is 5.97 Å². The minimum absolute atomic E-state index is 0.00299. The quantitative estimate of drug-likeness (QED) is 0.419. The summed E-state index contributed by atoms with van der Waals surface area (Å²) in [6.07, 6.45) is 5.48. The minimum atomic E-state index is -0.532. The number of carbonyl (C=O) groups is 2. The number of rotatable bonds is 10. The van der Waals surface area contributed by atoms with Crippen molar-refractivity contribution in [1.82, 2.24) is 10.2 Å². The predicted molar refractivity (Wildman–Crippen MR) is 130 cm³/mol. The summed E-state index contributed by atoms with van der Waals surface area (Å²) >= 11 is 0. The number of hydrogen-bond acceptors (Lipinski definition) is 4. The Hall–Kier alpha value is -2.14. The van der Waals surface area contributed by atoms with Crippen LogP contribution in [0.4, 0.5) is 0 Å². The van der Waals surface area contributed by atoms with Crippen molar-refractivity contribution in [3.8, 4) is 0 Å². The van der Waals surface area contributed by atoms with E-state index in [9.17, 15) is 9.59 Å². The molecule has 0 spiro atoms. The Labute approximate surface area is 194 Å². The second-order valence-corrected chi connectivity index (χ2v) is 10.2. The van der Waals surface area contributed by atoms with Gasteiger partial charge in [-0.2, -0.15) is 0 Å². The molecule has 0 bridgehead atoms. The van der Waals surface area contributed by atoms with Crippen LogP contribution in [-0.4, -0.2) is 47.0 Å². The summed E-state index contributed by atoms with van der Waals surface area (Å²) in [7, 11) is 0. The van der Waals surface area contributed by atoms with E-state index in [0.717, 1.165) is 32.2 Å². The summed E-state index contributed by atoms with van der Waals surface area (Å²) in [6, 6.07) is 10.2. The number of esters is 1. The van der Waals surface area contributed by atoms with E-state index >= 15 is 0 Å². The van der Waals surface area contributed by atoms with Crippen molar-refractivity contribution in [1.29, 1.82) is 0 Å². The van der Waals surface area contributed by atoms with Crippen LogP contribution in [0, 0.1) is 11.8 Å². The summed E-state index contributed by atoms with van der Waals surface area (Å²) in [5.41, 5.74) is 0.703. The van der Waals surface area contributed by atoms with Gasteiger partial charge in [0.15, 0.2) is 0 Å². The first-order valence-electron chi connectivity index (χ1n) is 12.0. The fraction of sp³-hybridized carbons (Fsp3) is 0.630. The molecule has 0 aliphatic carbocycles. The Morgan fingerprint density at radius 3 is 2.47 bits per heavy atom. The van der Waals surface area contributed by atoms with Gasteiger partial charge < -0.3 is 10.1 Å². The molecule has 5 nitrogen and oxygen atoms in total. The molecule has 0 radical (unpaired) electrons. The second kappa shape index (κ2) is 11.6. The van der Waals surface area contributed by atoms with Crippen LogP contribution in [0.15, 0.2) is 43.0 Å². The lowest BCUT2D eigenvalue weighted by atomic mass is 9.83. The van der Waals surface area contributed by atoms with Gasteiger partial charge in [0.25, 0.3) is 0 Å². The molecule has 1 aliphatic rings. The normalized spacial score (nSPS) is 22.1. The standard InChI is InChI=1S/C27H42N2O3/c1-8-13-23(19(3)28-20(4)30)24(17-22-14-11-10-12-15-22)29-18-21(9-2)16-25(29)26(31)32-27(5,6)7/h9-12,14-15,19,21,23-25H,2,8,13,16-18H2,1,3-7H3,(H,28,30)/t19?,21?,23-,24-,25?/m0/s1. The lowest BCUT2D eigenvalue weighted by molar-refractivity contribution is -0.161. The zero-order chi connectivity index (χ0) is 23.9. The summed E-state index contributed by atoms with van der Waals surface area (Å²) in [5, 5.41) is 3.12. The molecule has 1 amide bonds. The molecule has 1 aliphatic heterocycles. The minimum Gasteiger partial charge on any atom is -0.459 e. The van der Waals surface area contributed by atoms with Gasteiger partial charge in [-0.1, -0.05) is 49.8 Å². The summed E-state index contributed by atoms with van der Waals surface area (Å²) < 4.78 is 5.83. The molecule has 2 rings (SSSR count). The van der Waals surface area contributed by atoms with E-state index in [4.69, 9.17) is 4.74 Å². The maximum Gasteiger partial charge on any atom is 0.323 e. The van der Waals surface area contributed by atoms with Crippen molar-refractivity contribution >= 4 is 11.9 Å². The van der Waals surface area contributed by atoms with Gasteiger partial charge in [0, 0.05) is 25.6 Å². The zero-order valence-corrected chi connectivity index (χ0v) is 20.8. The van der Waals surface area contributed by atoms with Gasteiger partial charge in [-0.15, -0.1) is 6.58 Å². The number of nitrogens with one attached hydrogen (secondary N) is 1. The summed E-state index contributed by atoms with van der Waals surface area (Å²) in [4.78, 5) is 27.5. The van der Waals surface area contributed by atoms with Crippen molar-refractivity contribution in [2.45, 2.75) is 91.0 Å². The molecule has 0 saturated carbocycles. The van der Waals surface area contributed by atoms with E-state index in [0.29, 0.717) is 0 Å². The Kier molecular flexibility index (Phi) is 9.50. The predicted octanol–water partition coefficient (Wildman–Crippen LogP) is 4.76. The third-order valence-corrected chi connectivity index (χ3v) is 6.29. The maximum absolute atomic E-state index is 13.2. The highest BCUT2D eigenvalue weighted by Crippen LogP contribution is 2.34. The number of carbonyl (C=O) groups excluding carboxylic acids is 2. The number of hydrogen-bond donors (Lipinski definition) is 1. The van der Waals surface area contributed by atoms with E-state index in [-0.39, 0.29) is 41.8 Å². The van der Waals surface area contributed by atoms with Crippen molar-refractivity contribution in [2.24, 2.45) is 11.8 Å². The van der Waals surface area contributed by atoms with Gasteiger partial charge in [0.2, 0.25) is 5.91 Å². The molecule has 0 aromatic heterocycles. The number of nitrogens with zero attached hydrogens (tertiary/aromatic N) is 1. The first kappa shape index (κ1) is 26.1. The van der Waals surface area contributed by atoms with Crippen LogP contribution in [0.5, 0.6) is 0 Å². The highest BCUT2D eigenvalue weighted by atomic mass is 16.6. The Morgan fingerprint density at radius 1 is 1.28 bits per heavy atom. The van der Waals surface area contributed by atoms with Gasteiger partial charge in [-0.25, -0.2) is 0 Å². The lowest BCUT2D eigenvalue weighted by Gasteiger charge is -2.41. The molecule has 1 aromatic rings. The van der Waals surface area contributed by atoms with E-state index in [1.54, 1.807) is 6.92 Å². The zero-order valence-electron chi connectivity index (χ0n) is 20.8. The van der Waals surface area contributed by atoms with E-state index in [2.05, 4.69) is 54.9 Å². The number of benzene rings is 1. The molecule has 1 aromatic carbocycles. The Bertz CT molecular complexity index is 756. The fourth-order valence-corrected chi connectivity index (χ4v) is 4.94. The number of ether oxygens (including phenoxy) is 1. The second-order valence-electron chi connectivity index (χ2n) is 10.2. The van der Waals surface area contributed by atoms with Crippen LogP contribution < -0.4 is 5.32 Å². The van der Waals surface area contributed by atoms with Crippen LogP contribution in [0.25, 0.3) is 0 Å². The molecule has 1 fully saturated rings. The van der Waals surface area contributed by atoms with Crippen LogP contribution in [0.1, 0.15) is 66.4 Å². The average Bonchev–Trinajstić information content (AvgIpc) is 3.14. The third-order valence-electron chi connectivity index (χ3n) is 6.29. The van der Waals surface area contributed by atoms with Crippen LogP contribution in [0.3, 0.4) is 0 Å². The molecule has 3 unspecified atom stereocenters. The smallest absolute Gasteiger partial charge is 0.323 e. The summed E-state index contributed by atoms with van der Waals surface area (Å²) in [6.45, 7) is 16.4. The highest BCUT2D eigenvalue weighted by molar-refractivity contribution is 5.77. The largest absolute Gasteiger partial charge is 0.459 e. The van der Waals surface area contributed by atoms with Crippen molar-refractivity contribution in [3.63, 3.8) is 0 Å². The molecule has 1 saturated heterocycles. The monoisotopic (exact) mass is 442 g/mol. The fourth-order valence-electron chi connectivity index (χ4n) is 4.94. The van der Waals surface area contributed by atoms with Gasteiger partial charge in [-0.3, -0.25) is 14.5 Å². The van der Waals surface area contributed by atoms with E-state index in [1.807, 2.05) is 32.9 Å². The molecular weight excluding hydrogens is 400 g/mol. The van der Waals surface area contributed by atoms with Gasteiger partial charge in [-0.05, 0) is 64.4 Å². The molecular formula is C27H42N2O3. The first-order valence-corrected chi connectivity index (χ1v) is 12.0. The molecule has 5 atom stereocenters. The van der Waals surface area contributed by atoms with Gasteiger partial charge in [0.1, 0.15) is 11.6 Å². The summed E-state index contributed by atoms with van der Waals surface area (Å²) in [5.74, 6) is 0.259. The van der Waals surface area contributed by atoms with Gasteiger partial charge in [0.05, 0.1) is 0 Å². The van der Waals surface area contributed by atoms with Crippen LogP contribution in [0.2, 0.25) is 0 Å². The molecule has 1 heterocycles. The van der Waals surface area contributed by atoms with Crippen LogP contribution >= 0.6 is 0 Å². The highest BCUT2D eigenvalue weighted by Gasteiger charge is 2.44. The third kappa shape index (κ3) is 7.47. The van der Waals surface area contributed by atoms with E-state index in [1.165, 1.54) is 5.56 Å². The van der Waals surface area contributed by atoms with Crippen LogP contribution in [-0.2, 0) is 20.7 Å².